The Morgan fingerprint density at radius 3 is 2.40 bits per heavy atom. The Balaban J connectivity index is 1.80. The first kappa shape index (κ1) is 17.6. The summed E-state index contributed by atoms with van der Waals surface area (Å²) in [7, 11) is -3.50. The number of allylic oxidation sites excluding steroid dienone is 1. The van der Waals surface area contributed by atoms with Gasteiger partial charge in [-0.1, -0.05) is 60.7 Å². The lowest BCUT2D eigenvalue weighted by Gasteiger charge is -2.22. The maximum Gasteiger partial charge on any atom is 0.241 e. The van der Waals surface area contributed by atoms with E-state index in [-0.39, 0.29) is 6.04 Å². The number of rotatable bonds is 5. The minimum atomic E-state index is -3.50. The molecule has 0 amide bonds. The Kier molecular flexibility index (Phi) is 5.21. The fourth-order valence-corrected chi connectivity index (χ4v) is 4.29. The SMILES string of the molecule is C=Cc1ccc(C2=CC(NS(=O)(=O)c3ccc(C)cc3)CCC2)cc1. The van der Waals surface area contributed by atoms with E-state index in [2.05, 4.69) is 29.5 Å². The van der Waals surface area contributed by atoms with Gasteiger partial charge in [-0.25, -0.2) is 13.1 Å². The summed E-state index contributed by atoms with van der Waals surface area (Å²) >= 11 is 0. The molecule has 0 saturated heterocycles. The van der Waals surface area contributed by atoms with E-state index in [0.29, 0.717) is 4.90 Å². The molecule has 2 aromatic carbocycles. The highest BCUT2D eigenvalue weighted by Crippen LogP contribution is 2.28. The molecule has 0 fully saturated rings. The van der Waals surface area contributed by atoms with E-state index in [1.807, 2.05) is 37.3 Å². The van der Waals surface area contributed by atoms with E-state index in [1.165, 1.54) is 5.57 Å². The average Bonchev–Trinajstić information content (AvgIpc) is 2.62. The summed E-state index contributed by atoms with van der Waals surface area (Å²) < 4.78 is 28.0. The van der Waals surface area contributed by atoms with Crippen LogP contribution in [0.4, 0.5) is 0 Å². The predicted molar refractivity (Wildman–Crippen MR) is 104 cm³/mol. The van der Waals surface area contributed by atoms with Crippen LogP contribution in [-0.2, 0) is 10.0 Å². The second kappa shape index (κ2) is 7.38. The maximum atomic E-state index is 12.6. The second-order valence-corrected chi connectivity index (χ2v) is 8.17. The number of aryl methyl sites for hydroxylation is 1. The molecule has 1 N–H and O–H groups in total. The number of hydrogen-bond donors (Lipinski definition) is 1. The van der Waals surface area contributed by atoms with Crippen LogP contribution >= 0.6 is 0 Å². The topological polar surface area (TPSA) is 46.2 Å². The van der Waals surface area contributed by atoms with E-state index in [1.54, 1.807) is 12.1 Å². The zero-order valence-electron chi connectivity index (χ0n) is 14.4. The first-order chi connectivity index (χ1) is 12.0. The summed E-state index contributed by atoms with van der Waals surface area (Å²) in [6.07, 6.45) is 6.63. The van der Waals surface area contributed by atoms with Crippen molar-refractivity contribution < 1.29 is 8.42 Å². The van der Waals surface area contributed by atoms with E-state index >= 15 is 0 Å². The average molecular weight is 353 g/mol. The molecule has 3 rings (SSSR count). The summed E-state index contributed by atoms with van der Waals surface area (Å²) in [5, 5.41) is 0. The highest BCUT2D eigenvalue weighted by molar-refractivity contribution is 7.89. The maximum absolute atomic E-state index is 12.6. The molecule has 0 aliphatic heterocycles. The molecule has 130 valence electrons. The monoisotopic (exact) mass is 353 g/mol. The van der Waals surface area contributed by atoms with Gasteiger partial charge in [0.1, 0.15) is 0 Å². The number of benzene rings is 2. The van der Waals surface area contributed by atoms with Crippen LogP contribution in [0.25, 0.3) is 11.6 Å². The summed E-state index contributed by atoms with van der Waals surface area (Å²) in [5.74, 6) is 0. The Hall–Kier alpha value is -2.17. The number of hydrogen-bond acceptors (Lipinski definition) is 2. The summed E-state index contributed by atoms with van der Waals surface area (Å²) in [5.41, 5.74) is 4.46. The van der Waals surface area contributed by atoms with Crippen LogP contribution < -0.4 is 4.72 Å². The molecule has 2 aromatic rings. The van der Waals surface area contributed by atoms with Crippen molar-refractivity contribution in [3.8, 4) is 0 Å². The zero-order valence-corrected chi connectivity index (χ0v) is 15.2. The third-order valence-corrected chi connectivity index (χ3v) is 6.02. The van der Waals surface area contributed by atoms with Gasteiger partial charge in [0.2, 0.25) is 10.0 Å². The Bertz CT molecular complexity index is 878. The van der Waals surface area contributed by atoms with Crippen molar-refractivity contribution in [1.29, 1.82) is 0 Å². The van der Waals surface area contributed by atoms with Gasteiger partial charge in [0.25, 0.3) is 0 Å². The van der Waals surface area contributed by atoms with E-state index in [4.69, 9.17) is 0 Å². The van der Waals surface area contributed by atoms with E-state index < -0.39 is 10.0 Å². The van der Waals surface area contributed by atoms with Gasteiger partial charge in [-0.15, -0.1) is 0 Å². The van der Waals surface area contributed by atoms with Crippen LogP contribution in [0.15, 0.2) is 66.1 Å². The van der Waals surface area contributed by atoms with Gasteiger partial charge >= 0.3 is 0 Å². The lowest BCUT2D eigenvalue weighted by Crippen LogP contribution is -2.34. The van der Waals surface area contributed by atoms with Gasteiger partial charge in [0.15, 0.2) is 0 Å². The van der Waals surface area contributed by atoms with Crippen molar-refractivity contribution in [3.63, 3.8) is 0 Å². The van der Waals surface area contributed by atoms with Crippen LogP contribution in [0.5, 0.6) is 0 Å². The summed E-state index contributed by atoms with van der Waals surface area (Å²) in [6, 6.07) is 15.0. The van der Waals surface area contributed by atoms with Crippen molar-refractivity contribution in [1.82, 2.24) is 4.72 Å². The minimum Gasteiger partial charge on any atom is -0.207 e. The molecular formula is C21H23NO2S. The molecule has 1 unspecified atom stereocenters. The second-order valence-electron chi connectivity index (χ2n) is 6.45. The lowest BCUT2D eigenvalue weighted by molar-refractivity contribution is 0.551. The largest absolute Gasteiger partial charge is 0.241 e. The van der Waals surface area contributed by atoms with Crippen molar-refractivity contribution in [2.24, 2.45) is 0 Å². The molecule has 0 heterocycles. The van der Waals surface area contributed by atoms with Crippen molar-refractivity contribution >= 4 is 21.7 Å². The molecule has 25 heavy (non-hydrogen) atoms. The molecule has 0 bridgehead atoms. The molecule has 1 aliphatic rings. The van der Waals surface area contributed by atoms with Gasteiger partial charge in [0, 0.05) is 6.04 Å². The summed E-state index contributed by atoms with van der Waals surface area (Å²) in [6.45, 7) is 5.71. The van der Waals surface area contributed by atoms with Crippen molar-refractivity contribution in [2.45, 2.75) is 37.1 Å². The Morgan fingerprint density at radius 2 is 1.76 bits per heavy atom. The highest BCUT2D eigenvalue weighted by Gasteiger charge is 2.21. The van der Waals surface area contributed by atoms with Gasteiger partial charge < -0.3 is 0 Å². The molecule has 4 heteroatoms. The van der Waals surface area contributed by atoms with E-state index in [9.17, 15) is 8.42 Å². The molecule has 1 aliphatic carbocycles. The first-order valence-corrected chi connectivity index (χ1v) is 9.99. The van der Waals surface area contributed by atoms with Crippen LogP contribution in [0.2, 0.25) is 0 Å². The van der Waals surface area contributed by atoms with Crippen LogP contribution in [0, 0.1) is 6.92 Å². The van der Waals surface area contributed by atoms with Crippen molar-refractivity contribution in [3.05, 3.63) is 77.9 Å². The lowest BCUT2D eigenvalue weighted by atomic mass is 9.91. The van der Waals surface area contributed by atoms with E-state index in [0.717, 1.165) is 36.0 Å². The molecular weight excluding hydrogens is 330 g/mol. The standard InChI is InChI=1S/C21H23NO2S/c1-3-17-9-11-18(12-10-17)19-5-4-6-20(15-19)22-25(23,24)21-13-7-16(2)8-14-21/h3,7-15,20,22H,1,4-6H2,2H3. The highest BCUT2D eigenvalue weighted by atomic mass is 32.2. The quantitative estimate of drug-likeness (QED) is 0.857. The van der Waals surface area contributed by atoms with Gasteiger partial charge in [-0.2, -0.15) is 0 Å². The fourth-order valence-electron chi connectivity index (χ4n) is 3.07. The first-order valence-electron chi connectivity index (χ1n) is 8.50. The molecule has 0 aromatic heterocycles. The summed E-state index contributed by atoms with van der Waals surface area (Å²) in [4.78, 5) is 0.314. The third-order valence-electron chi connectivity index (χ3n) is 4.52. The molecule has 3 nitrogen and oxygen atoms in total. The molecule has 0 radical (unpaired) electrons. The van der Waals surface area contributed by atoms with Crippen LogP contribution in [0.1, 0.15) is 36.0 Å². The van der Waals surface area contributed by atoms with Crippen LogP contribution in [-0.4, -0.2) is 14.5 Å². The predicted octanol–water partition coefficient (Wildman–Crippen LogP) is 4.55. The van der Waals surface area contributed by atoms with Gasteiger partial charge in [0.05, 0.1) is 4.90 Å². The van der Waals surface area contributed by atoms with Gasteiger partial charge in [-0.05, 0) is 55.0 Å². The molecule has 1 atom stereocenters. The molecule has 0 spiro atoms. The fraction of sp³-hybridized carbons (Fsp3) is 0.238. The Labute approximate surface area is 150 Å². The smallest absolute Gasteiger partial charge is 0.207 e. The number of nitrogens with one attached hydrogen (secondary N) is 1. The number of sulfonamides is 1. The molecule has 0 saturated carbocycles. The normalized spacial score (nSPS) is 17.8. The Morgan fingerprint density at radius 1 is 1.08 bits per heavy atom. The van der Waals surface area contributed by atoms with Crippen LogP contribution in [0.3, 0.4) is 0 Å². The minimum absolute atomic E-state index is 0.172. The zero-order chi connectivity index (χ0) is 17.9. The van der Waals surface area contributed by atoms with Gasteiger partial charge in [-0.3, -0.25) is 0 Å². The van der Waals surface area contributed by atoms with Crippen molar-refractivity contribution in [2.75, 3.05) is 0 Å². The third kappa shape index (κ3) is 4.27.